The van der Waals surface area contributed by atoms with E-state index < -0.39 is 5.91 Å². The largest absolute Gasteiger partial charge is 0.494 e. The third-order valence-corrected chi connectivity index (χ3v) is 7.87. The van der Waals surface area contributed by atoms with Crippen molar-refractivity contribution < 1.29 is 24.2 Å². The van der Waals surface area contributed by atoms with Crippen LogP contribution in [0.5, 0.6) is 11.6 Å². The standard InChI is InChI=1S/C33H36ClN7O5/c1-45-31-24(4-3-5-26(31)40-32(44)27-9-6-20(17-38-27)16-35-14-15-42)30-29(34)23(12-13-37-30)25-10-7-21(33(41-25)46-2)18-36-19-22-8-11-28(43)39-22/h3-7,9-10,12-13,17,22,35-36,42H,8,11,14-16,18-19H2,1-2H3,(H,39,43)(H,40,44). The summed E-state index contributed by atoms with van der Waals surface area (Å²) < 4.78 is 11.3. The van der Waals surface area contributed by atoms with Crippen molar-refractivity contribution in [3.8, 4) is 34.1 Å². The van der Waals surface area contributed by atoms with Gasteiger partial charge in [0.25, 0.3) is 5.91 Å². The molecule has 4 aromatic rings. The molecule has 2 amide bonds. The summed E-state index contributed by atoms with van der Waals surface area (Å²) in [6, 6.07) is 14.5. The van der Waals surface area contributed by atoms with Gasteiger partial charge >= 0.3 is 0 Å². The number of hydrogen-bond donors (Lipinski definition) is 5. The quantitative estimate of drug-likeness (QED) is 0.128. The molecule has 0 bridgehead atoms. The molecular weight excluding hydrogens is 610 g/mol. The Labute approximate surface area is 271 Å². The van der Waals surface area contributed by atoms with Gasteiger partial charge in [0.05, 0.1) is 42.9 Å². The zero-order chi connectivity index (χ0) is 32.5. The molecule has 0 spiro atoms. The highest BCUT2D eigenvalue weighted by Gasteiger charge is 2.22. The molecule has 12 nitrogen and oxygen atoms in total. The van der Waals surface area contributed by atoms with Gasteiger partial charge in [0, 0.05) is 67.7 Å². The van der Waals surface area contributed by atoms with Crippen molar-refractivity contribution in [2.75, 3.05) is 39.2 Å². The lowest BCUT2D eigenvalue weighted by atomic mass is 10.0. The van der Waals surface area contributed by atoms with Crippen LogP contribution < -0.4 is 30.7 Å². The predicted octanol–water partition coefficient (Wildman–Crippen LogP) is 3.58. The van der Waals surface area contributed by atoms with Crippen molar-refractivity contribution in [1.82, 2.24) is 30.9 Å². The molecule has 3 aromatic heterocycles. The highest BCUT2D eigenvalue weighted by molar-refractivity contribution is 6.35. The number of carbonyl (C=O) groups is 2. The van der Waals surface area contributed by atoms with Crippen molar-refractivity contribution in [2.45, 2.75) is 32.0 Å². The summed E-state index contributed by atoms with van der Waals surface area (Å²) in [4.78, 5) is 38.1. The monoisotopic (exact) mass is 645 g/mol. The molecule has 1 fully saturated rings. The fourth-order valence-electron chi connectivity index (χ4n) is 5.17. The van der Waals surface area contributed by atoms with Gasteiger partial charge in [-0.2, -0.15) is 0 Å². The molecule has 46 heavy (non-hydrogen) atoms. The molecule has 0 aliphatic carbocycles. The van der Waals surface area contributed by atoms with E-state index in [0.717, 1.165) is 17.5 Å². The number of anilines is 1. The summed E-state index contributed by atoms with van der Waals surface area (Å²) in [6.45, 7) is 2.23. The number of carbonyl (C=O) groups excluding carboxylic acids is 2. The molecule has 1 aliphatic heterocycles. The van der Waals surface area contributed by atoms with Crippen LogP contribution in [0.25, 0.3) is 22.5 Å². The van der Waals surface area contributed by atoms with Gasteiger partial charge in [0.15, 0.2) is 5.75 Å². The molecule has 1 aliphatic rings. The van der Waals surface area contributed by atoms with Gasteiger partial charge in [-0.25, -0.2) is 4.98 Å². The van der Waals surface area contributed by atoms with Crippen molar-refractivity contribution >= 4 is 29.1 Å². The molecule has 240 valence electrons. The van der Waals surface area contributed by atoms with E-state index in [1.807, 2.05) is 18.2 Å². The third kappa shape index (κ3) is 7.77. The maximum absolute atomic E-state index is 13.1. The van der Waals surface area contributed by atoms with E-state index in [1.54, 1.807) is 49.8 Å². The van der Waals surface area contributed by atoms with Crippen LogP contribution in [0.1, 0.15) is 34.5 Å². The number of hydrogen-bond acceptors (Lipinski definition) is 10. The van der Waals surface area contributed by atoms with Crippen molar-refractivity contribution in [3.05, 3.63) is 82.8 Å². The van der Waals surface area contributed by atoms with E-state index in [2.05, 4.69) is 31.2 Å². The number of rotatable bonds is 14. The lowest BCUT2D eigenvalue weighted by Crippen LogP contribution is -2.35. The molecule has 1 unspecified atom stereocenters. The van der Waals surface area contributed by atoms with Gasteiger partial charge in [-0.1, -0.05) is 29.8 Å². The lowest BCUT2D eigenvalue weighted by Gasteiger charge is -2.16. The first kappa shape index (κ1) is 32.8. The topological polar surface area (TPSA) is 160 Å². The number of aliphatic hydroxyl groups excluding tert-OH is 1. The Morgan fingerprint density at radius 1 is 1.04 bits per heavy atom. The normalized spacial score (nSPS) is 14.2. The first-order valence-electron chi connectivity index (χ1n) is 14.9. The van der Waals surface area contributed by atoms with E-state index in [0.29, 0.717) is 77.5 Å². The first-order valence-corrected chi connectivity index (χ1v) is 15.2. The Morgan fingerprint density at radius 3 is 2.63 bits per heavy atom. The molecule has 5 rings (SSSR count). The Morgan fingerprint density at radius 2 is 1.91 bits per heavy atom. The summed E-state index contributed by atoms with van der Waals surface area (Å²) in [6.07, 6.45) is 4.63. The van der Waals surface area contributed by atoms with E-state index in [9.17, 15) is 9.59 Å². The number of nitrogens with zero attached hydrogens (tertiary/aromatic N) is 3. The number of benzene rings is 1. The van der Waals surface area contributed by atoms with Crippen molar-refractivity contribution in [3.63, 3.8) is 0 Å². The van der Waals surface area contributed by atoms with Crippen LogP contribution in [0.3, 0.4) is 0 Å². The molecule has 1 aromatic carbocycles. The number of para-hydroxylation sites is 1. The smallest absolute Gasteiger partial charge is 0.274 e. The second-order valence-electron chi connectivity index (χ2n) is 10.6. The minimum Gasteiger partial charge on any atom is -0.494 e. The zero-order valence-electron chi connectivity index (χ0n) is 25.6. The van der Waals surface area contributed by atoms with Crippen LogP contribution in [-0.2, 0) is 17.9 Å². The highest BCUT2D eigenvalue weighted by Crippen LogP contribution is 2.41. The number of amides is 2. The zero-order valence-corrected chi connectivity index (χ0v) is 26.4. The van der Waals surface area contributed by atoms with Gasteiger partial charge in [-0.05, 0) is 42.3 Å². The average Bonchev–Trinajstić information content (AvgIpc) is 3.50. The summed E-state index contributed by atoms with van der Waals surface area (Å²) in [5.74, 6) is 0.524. The molecule has 4 heterocycles. The summed E-state index contributed by atoms with van der Waals surface area (Å²) in [7, 11) is 3.08. The molecular formula is C33H36ClN7O5. The minimum atomic E-state index is -0.406. The number of nitrogens with one attached hydrogen (secondary N) is 4. The number of halogens is 1. The molecule has 1 saturated heterocycles. The Bertz CT molecular complexity index is 1690. The first-order chi connectivity index (χ1) is 22.4. The fraction of sp³-hybridized carbons (Fsp3) is 0.303. The molecule has 0 radical (unpaired) electrons. The maximum atomic E-state index is 13.1. The molecule has 1 atom stereocenters. The summed E-state index contributed by atoms with van der Waals surface area (Å²) >= 11 is 6.96. The van der Waals surface area contributed by atoms with E-state index in [-0.39, 0.29) is 24.2 Å². The molecule has 5 N–H and O–H groups in total. The number of methoxy groups -OCH3 is 2. The van der Waals surface area contributed by atoms with Crippen LogP contribution in [0, 0.1) is 0 Å². The Balaban J connectivity index is 1.34. The SMILES string of the molecule is COc1nc(-c2ccnc(-c3cccc(NC(=O)c4ccc(CNCCO)cn4)c3OC)c2Cl)ccc1CNCC1CCC(=O)N1. The van der Waals surface area contributed by atoms with Gasteiger partial charge in [-0.3, -0.25) is 19.6 Å². The van der Waals surface area contributed by atoms with Crippen molar-refractivity contribution in [1.29, 1.82) is 0 Å². The van der Waals surface area contributed by atoms with Crippen LogP contribution in [0.2, 0.25) is 5.02 Å². The number of ether oxygens (including phenoxy) is 2. The second kappa shape index (κ2) is 15.6. The number of aromatic nitrogens is 3. The van der Waals surface area contributed by atoms with Crippen LogP contribution in [0.15, 0.2) is 60.9 Å². The van der Waals surface area contributed by atoms with Gasteiger partial charge in [-0.15, -0.1) is 0 Å². The summed E-state index contributed by atoms with van der Waals surface area (Å²) in [5, 5.41) is 21.6. The predicted molar refractivity (Wildman–Crippen MR) is 175 cm³/mol. The van der Waals surface area contributed by atoms with E-state index >= 15 is 0 Å². The molecule has 13 heteroatoms. The fourth-order valence-corrected chi connectivity index (χ4v) is 5.49. The van der Waals surface area contributed by atoms with Gasteiger partial charge < -0.3 is 35.8 Å². The minimum absolute atomic E-state index is 0.0430. The van der Waals surface area contributed by atoms with Crippen LogP contribution >= 0.6 is 11.6 Å². The van der Waals surface area contributed by atoms with Crippen LogP contribution in [-0.4, -0.2) is 71.8 Å². The van der Waals surface area contributed by atoms with Crippen LogP contribution in [0.4, 0.5) is 5.69 Å². The van der Waals surface area contributed by atoms with Gasteiger partial charge in [0.1, 0.15) is 5.69 Å². The van der Waals surface area contributed by atoms with Gasteiger partial charge in [0.2, 0.25) is 11.8 Å². The number of aliphatic hydroxyl groups is 1. The average molecular weight is 646 g/mol. The molecule has 0 saturated carbocycles. The summed E-state index contributed by atoms with van der Waals surface area (Å²) in [5.41, 5.74) is 4.70. The number of pyridine rings is 3. The Hall–Kier alpha value is -4.62. The lowest BCUT2D eigenvalue weighted by molar-refractivity contribution is -0.119. The maximum Gasteiger partial charge on any atom is 0.274 e. The second-order valence-corrected chi connectivity index (χ2v) is 11.0. The Kier molecular flexibility index (Phi) is 11.1. The van der Waals surface area contributed by atoms with E-state index in [1.165, 1.54) is 7.11 Å². The van der Waals surface area contributed by atoms with E-state index in [4.69, 9.17) is 31.2 Å². The highest BCUT2D eigenvalue weighted by atomic mass is 35.5. The van der Waals surface area contributed by atoms with Crippen molar-refractivity contribution in [2.24, 2.45) is 0 Å². The third-order valence-electron chi connectivity index (χ3n) is 7.49.